The quantitative estimate of drug-likeness (QED) is 0.404. The lowest BCUT2D eigenvalue weighted by Gasteiger charge is -2.38. The number of ether oxygens (including phenoxy) is 1. The van der Waals surface area contributed by atoms with Gasteiger partial charge in [-0.15, -0.1) is 13.2 Å². The van der Waals surface area contributed by atoms with Gasteiger partial charge in [-0.2, -0.15) is 0 Å². The van der Waals surface area contributed by atoms with Crippen LogP contribution >= 0.6 is 0 Å². The second-order valence-corrected chi connectivity index (χ2v) is 14.1. The van der Waals surface area contributed by atoms with E-state index in [1.165, 1.54) is 0 Å². The normalized spacial score (nSPS) is 14.8. The molecule has 156 valence electrons. The predicted octanol–water partition coefficient (Wildman–Crippen LogP) is 5.24. The third-order valence-corrected chi connectivity index (χ3v) is 9.29. The molecule has 6 heteroatoms. The van der Waals surface area contributed by atoms with Crippen LogP contribution in [0.1, 0.15) is 54.4 Å². The van der Waals surface area contributed by atoms with E-state index < -0.39 is 20.0 Å². The molecule has 27 heavy (non-hydrogen) atoms. The molecule has 0 heterocycles. The van der Waals surface area contributed by atoms with Crippen molar-refractivity contribution in [1.82, 2.24) is 5.32 Å². The molecule has 1 N–H and O–H groups in total. The monoisotopic (exact) mass is 397 g/mol. The summed E-state index contributed by atoms with van der Waals surface area (Å²) in [6.07, 6.45) is 4.04. The van der Waals surface area contributed by atoms with Gasteiger partial charge in [-0.25, -0.2) is 4.79 Å². The van der Waals surface area contributed by atoms with E-state index in [0.717, 1.165) is 0 Å². The molecule has 2 atom stereocenters. The van der Waals surface area contributed by atoms with Crippen molar-refractivity contribution < 1.29 is 18.8 Å². The average Bonchev–Trinajstić information content (AvgIpc) is 2.49. The second kappa shape index (κ2) is 10.2. The standard InChI is InChI=1S/C21H39NO4Si/c1-11-16(18(23)15-22-19(24)25-20(3,4)5)13-14-17(12-2)26-27(9,10)21(6,7)8/h11-12,16-17H,1-2,13-15H2,3-10H3,(H,22,24)/t16-,17?/m1/s1. The number of carbonyl (C=O) groups is 2. The van der Waals surface area contributed by atoms with Crippen LogP contribution in [0.2, 0.25) is 18.1 Å². The Labute approximate surface area is 166 Å². The number of rotatable bonds is 10. The van der Waals surface area contributed by atoms with Crippen LogP contribution in [0.3, 0.4) is 0 Å². The summed E-state index contributed by atoms with van der Waals surface area (Å²) in [6, 6.07) is 0. The first-order chi connectivity index (χ1) is 12.1. The SMILES string of the molecule is C=CC(CC[C@@H](C=C)C(=O)CNC(=O)OC(C)(C)C)O[Si](C)(C)C(C)(C)C. The Kier molecular flexibility index (Phi) is 9.69. The van der Waals surface area contributed by atoms with Crippen molar-refractivity contribution in [3.63, 3.8) is 0 Å². The van der Waals surface area contributed by atoms with Crippen molar-refractivity contribution in [3.8, 4) is 0 Å². The van der Waals surface area contributed by atoms with Crippen molar-refractivity contribution in [2.45, 2.75) is 84.2 Å². The van der Waals surface area contributed by atoms with Crippen LogP contribution in [0.25, 0.3) is 0 Å². The zero-order chi connectivity index (χ0) is 21.5. The lowest BCUT2D eigenvalue weighted by molar-refractivity contribution is -0.120. The predicted molar refractivity (Wildman–Crippen MR) is 114 cm³/mol. The van der Waals surface area contributed by atoms with Crippen molar-refractivity contribution >= 4 is 20.2 Å². The summed E-state index contributed by atoms with van der Waals surface area (Å²) in [5.74, 6) is -0.434. The number of hydrogen-bond acceptors (Lipinski definition) is 4. The van der Waals surface area contributed by atoms with Crippen molar-refractivity contribution in [3.05, 3.63) is 25.3 Å². The molecule has 1 amide bonds. The molecule has 0 aromatic heterocycles. The summed E-state index contributed by atoms with van der Waals surface area (Å²) < 4.78 is 11.5. The number of allylic oxidation sites excluding steroid dienone is 1. The van der Waals surface area contributed by atoms with Gasteiger partial charge >= 0.3 is 6.09 Å². The first-order valence-electron chi connectivity index (χ1n) is 9.55. The largest absolute Gasteiger partial charge is 0.444 e. The maximum atomic E-state index is 12.4. The highest BCUT2D eigenvalue weighted by Gasteiger charge is 2.38. The highest BCUT2D eigenvalue weighted by atomic mass is 28.4. The van der Waals surface area contributed by atoms with E-state index in [4.69, 9.17) is 9.16 Å². The molecule has 0 fully saturated rings. The van der Waals surface area contributed by atoms with Crippen LogP contribution in [0.15, 0.2) is 25.3 Å². The highest BCUT2D eigenvalue weighted by molar-refractivity contribution is 6.74. The second-order valence-electron chi connectivity index (χ2n) is 9.39. The Bertz CT molecular complexity index is 529. The van der Waals surface area contributed by atoms with E-state index in [9.17, 15) is 9.59 Å². The lowest BCUT2D eigenvalue weighted by Crippen LogP contribution is -2.43. The zero-order valence-corrected chi connectivity index (χ0v) is 19.5. The average molecular weight is 398 g/mol. The fourth-order valence-electron chi connectivity index (χ4n) is 2.14. The van der Waals surface area contributed by atoms with Gasteiger partial charge in [-0.1, -0.05) is 32.9 Å². The number of Topliss-reactive ketones (excluding diaryl/α,β-unsaturated/α-hetero) is 1. The van der Waals surface area contributed by atoms with Crippen LogP contribution in [0.4, 0.5) is 4.79 Å². The summed E-state index contributed by atoms with van der Waals surface area (Å²) in [7, 11) is -1.91. The Balaban J connectivity index is 4.65. The molecular weight excluding hydrogens is 358 g/mol. The number of amides is 1. The molecule has 1 unspecified atom stereocenters. The van der Waals surface area contributed by atoms with Gasteiger partial charge in [0.1, 0.15) is 5.60 Å². The first-order valence-corrected chi connectivity index (χ1v) is 12.5. The van der Waals surface area contributed by atoms with Gasteiger partial charge in [-0.05, 0) is 51.7 Å². The summed E-state index contributed by atoms with van der Waals surface area (Å²) in [4.78, 5) is 24.1. The van der Waals surface area contributed by atoms with Gasteiger partial charge < -0.3 is 14.5 Å². The van der Waals surface area contributed by atoms with Crippen molar-refractivity contribution in [2.24, 2.45) is 5.92 Å². The van der Waals surface area contributed by atoms with Crippen molar-refractivity contribution in [2.75, 3.05) is 6.54 Å². The van der Waals surface area contributed by atoms with Crippen LogP contribution < -0.4 is 5.32 Å². The van der Waals surface area contributed by atoms with Crippen molar-refractivity contribution in [1.29, 1.82) is 0 Å². The van der Waals surface area contributed by atoms with Gasteiger partial charge in [0, 0.05) is 5.92 Å². The Morgan fingerprint density at radius 2 is 1.59 bits per heavy atom. The molecule has 0 saturated carbocycles. The molecule has 0 spiro atoms. The summed E-state index contributed by atoms with van der Waals surface area (Å²) in [5, 5.41) is 2.62. The van der Waals surface area contributed by atoms with E-state index in [1.807, 2.05) is 6.08 Å². The molecule has 5 nitrogen and oxygen atoms in total. The molecule has 0 bridgehead atoms. The Hall–Kier alpha value is -1.40. The van der Waals surface area contributed by atoms with E-state index in [-0.39, 0.29) is 29.4 Å². The maximum Gasteiger partial charge on any atom is 0.408 e. The minimum absolute atomic E-state index is 0.0759. The number of hydrogen-bond donors (Lipinski definition) is 1. The molecule has 0 radical (unpaired) electrons. The minimum Gasteiger partial charge on any atom is -0.444 e. The van der Waals surface area contributed by atoms with Crippen LogP contribution in [0.5, 0.6) is 0 Å². The van der Waals surface area contributed by atoms with E-state index in [2.05, 4.69) is 52.3 Å². The molecular formula is C21H39NO4Si. The zero-order valence-electron chi connectivity index (χ0n) is 18.5. The van der Waals surface area contributed by atoms with Crippen LogP contribution in [-0.2, 0) is 14.0 Å². The molecule has 0 aromatic carbocycles. The molecule has 0 aliphatic rings. The number of ketones is 1. The van der Waals surface area contributed by atoms with E-state index in [1.54, 1.807) is 26.8 Å². The molecule has 0 rings (SSSR count). The highest BCUT2D eigenvalue weighted by Crippen LogP contribution is 2.38. The summed E-state index contributed by atoms with van der Waals surface area (Å²) >= 11 is 0. The maximum absolute atomic E-state index is 12.4. The summed E-state index contributed by atoms with van der Waals surface area (Å²) in [6.45, 7) is 23.9. The van der Waals surface area contributed by atoms with E-state index >= 15 is 0 Å². The summed E-state index contributed by atoms with van der Waals surface area (Å²) in [5.41, 5.74) is -0.594. The third-order valence-electron chi connectivity index (χ3n) is 4.78. The molecule has 0 aliphatic heterocycles. The molecule has 0 aromatic rings. The Morgan fingerprint density at radius 1 is 1.04 bits per heavy atom. The minimum atomic E-state index is -1.91. The van der Waals surface area contributed by atoms with Gasteiger partial charge in [-0.3, -0.25) is 4.79 Å². The van der Waals surface area contributed by atoms with Gasteiger partial charge in [0.05, 0.1) is 12.6 Å². The Morgan fingerprint density at radius 3 is 2.00 bits per heavy atom. The molecule has 0 aliphatic carbocycles. The van der Waals surface area contributed by atoms with Gasteiger partial charge in [0.2, 0.25) is 0 Å². The number of carbonyl (C=O) groups excluding carboxylic acids is 2. The van der Waals surface area contributed by atoms with E-state index in [0.29, 0.717) is 12.8 Å². The lowest BCUT2D eigenvalue weighted by atomic mass is 9.96. The first kappa shape index (κ1) is 25.6. The van der Waals surface area contributed by atoms with Gasteiger partial charge in [0.15, 0.2) is 14.1 Å². The molecule has 0 saturated heterocycles. The fraction of sp³-hybridized carbons (Fsp3) is 0.714. The number of nitrogens with one attached hydrogen (secondary N) is 1. The third kappa shape index (κ3) is 9.91. The number of alkyl carbamates (subject to hydrolysis) is 1. The fourth-order valence-corrected chi connectivity index (χ4v) is 3.46. The van der Waals surface area contributed by atoms with Gasteiger partial charge in [0.25, 0.3) is 0 Å². The topological polar surface area (TPSA) is 64.6 Å². The van der Waals surface area contributed by atoms with Crippen LogP contribution in [0, 0.1) is 5.92 Å². The smallest absolute Gasteiger partial charge is 0.408 e. The van der Waals surface area contributed by atoms with Crippen LogP contribution in [-0.4, -0.2) is 38.4 Å².